The molecule has 1 aromatic carbocycles. The quantitative estimate of drug-likeness (QED) is 0.650. The van der Waals surface area contributed by atoms with Crippen LogP contribution in [-0.2, 0) is 16.0 Å². The van der Waals surface area contributed by atoms with Crippen molar-refractivity contribution in [3.05, 3.63) is 35.9 Å². The van der Waals surface area contributed by atoms with Crippen LogP contribution in [0.2, 0.25) is 0 Å². The number of amides is 1. The molecule has 0 saturated carbocycles. The number of carbonyl (C=O) groups excluding carboxylic acids is 1. The molecule has 5 nitrogen and oxygen atoms in total. The van der Waals surface area contributed by atoms with Crippen LogP contribution in [0.25, 0.3) is 0 Å². The fourth-order valence-corrected chi connectivity index (χ4v) is 2.19. The van der Waals surface area contributed by atoms with Gasteiger partial charge in [-0.25, -0.2) is 0 Å². The summed E-state index contributed by atoms with van der Waals surface area (Å²) in [6, 6.07) is 8.69. The number of hydrogen-bond acceptors (Lipinski definition) is 3. The number of benzene rings is 1. The molecule has 0 bridgehead atoms. The van der Waals surface area contributed by atoms with E-state index in [1.54, 1.807) is 6.92 Å². The second-order valence-corrected chi connectivity index (χ2v) is 5.94. The first-order valence-corrected chi connectivity index (χ1v) is 7.70. The maximum atomic E-state index is 12.3. The van der Waals surface area contributed by atoms with Gasteiger partial charge < -0.3 is 10.4 Å². The van der Waals surface area contributed by atoms with Gasteiger partial charge in [-0.3, -0.25) is 14.9 Å². The Morgan fingerprint density at radius 3 is 2.32 bits per heavy atom. The standard InChI is InChI=1S/C17H26N2O3/c1-12(2)11-15(19-13(3)17(21)22)16(20)18-10-9-14-7-5-4-6-8-14/h4-8,12-13,15,19H,9-11H2,1-3H3,(H,18,20)(H,21,22)/t13-,15+/m1/s1. The van der Waals surface area contributed by atoms with Gasteiger partial charge in [0.15, 0.2) is 0 Å². The number of hydrogen-bond donors (Lipinski definition) is 3. The fourth-order valence-electron chi connectivity index (χ4n) is 2.19. The lowest BCUT2D eigenvalue weighted by atomic mass is 10.0. The van der Waals surface area contributed by atoms with E-state index in [9.17, 15) is 9.59 Å². The molecular formula is C17H26N2O3. The summed E-state index contributed by atoms with van der Waals surface area (Å²) in [5, 5.41) is 14.7. The highest BCUT2D eigenvalue weighted by Gasteiger charge is 2.23. The number of rotatable bonds is 9. The largest absolute Gasteiger partial charge is 0.480 e. The summed E-state index contributed by atoms with van der Waals surface area (Å²) in [7, 11) is 0. The van der Waals surface area contributed by atoms with Crippen molar-refractivity contribution in [1.29, 1.82) is 0 Å². The molecule has 0 aliphatic carbocycles. The summed E-state index contributed by atoms with van der Waals surface area (Å²) in [4.78, 5) is 23.2. The Bertz CT molecular complexity index is 474. The molecule has 1 amide bonds. The molecule has 0 aromatic heterocycles. The first kappa shape index (κ1) is 18.2. The van der Waals surface area contributed by atoms with Gasteiger partial charge in [0.05, 0.1) is 6.04 Å². The van der Waals surface area contributed by atoms with E-state index in [0.29, 0.717) is 18.9 Å². The highest BCUT2D eigenvalue weighted by Crippen LogP contribution is 2.06. The number of carboxylic acid groups (broad SMARTS) is 1. The molecule has 22 heavy (non-hydrogen) atoms. The van der Waals surface area contributed by atoms with E-state index in [4.69, 9.17) is 5.11 Å². The highest BCUT2D eigenvalue weighted by molar-refractivity contribution is 5.83. The van der Waals surface area contributed by atoms with Crippen molar-refractivity contribution in [1.82, 2.24) is 10.6 Å². The first-order valence-electron chi connectivity index (χ1n) is 7.70. The molecule has 0 aliphatic heterocycles. The molecule has 0 saturated heterocycles. The van der Waals surface area contributed by atoms with E-state index in [0.717, 1.165) is 12.0 Å². The smallest absolute Gasteiger partial charge is 0.320 e. The Kier molecular flexibility index (Phi) is 7.60. The van der Waals surface area contributed by atoms with Crippen molar-refractivity contribution in [3.8, 4) is 0 Å². The normalized spacial score (nSPS) is 13.6. The maximum absolute atomic E-state index is 12.3. The molecule has 0 radical (unpaired) electrons. The zero-order valence-corrected chi connectivity index (χ0v) is 13.5. The maximum Gasteiger partial charge on any atom is 0.320 e. The summed E-state index contributed by atoms with van der Waals surface area (Å²) in [5.74, 6) is -0.790. The van der Waals surface area contributed by atoms with Crippen molar-refractivity contribution >= 4 is 11.9 Å². The Morgan fingerprint density at radius 1 is 1.14 bits per heavy atom. The predicted molar refractivity (Wildman–Crippen MR) is 86.6 cm³/mol. The van der Waals surface area contributed by atoms with Crippen LogP contribution < -0.4 is 10.6 Å². The van der Waals surface area contributed by atoms with Gasteiger partial charge in [0.25, 0.3) is 0 Å². The molecule has 2 atom stereocenters. The number of nitrogens with one attached hydrogen (secondary N) is 2. The van der Waals surface area contributed by atoms with Crippen LogP contribution in [0.1, 0.15) is 32.8 Å². The van der Waals surface area contributed by atoms with E-state index in [1.165, 1.54) is 0 Å². The van der Waals surface area contributed by atoms with E-state index in [2.05, 4.69) is 10.6 Å². The second kappa shape index (κ2) is 9.20. The molecule has 0 unspecified atom stereocenters. The molecule has 122 valence electrons. The number of carboxylic acids is 1. The Balaban J connectivity index is 2.50. The topological polar surface area (TPSA) is 78.4 Å². The predicted octanol–water partition coefficient (Wildman–Crippen LogP) is 1.82. The summed E-state index contributed by atoms with van der Waals surface area (Å²) < 4.78 is 0. The summed E-state index contributed by atoms with van der Waals surface area (Å²) in [5.41, 5.74) is 1.16. The van der Waals surface area contributed by atoms with Crippen molar-refractivity contribution in [2.24, 2.45) is 5.92 Å². The summed E-state index contributed by atoms with van der Waals surface area (Å²) in [6.07, 6.45) is 1.37. The Hall–Kier alpha value is -1.88. The van der Waals surface area contributed by atoms with Crippen molar-refractivity contribution < 1.29 is 14.7 Å². The van der Waals surface area contributed by atoms with Crippen LogP contribution in [0.4, 0.5) is 0 Å². The molecular weight excluding hydrogens is 280 g/mol. The molecule has 3 N–H and O–H groups in total. The third-order valence-electron chi connectivity index (χ3n) is 3.40. The van der Waals surface area contributed by atoms with Gasteiger partial charge in [0, 0.05) is 6.54 Å². The minimum Gasteiger partial charge on any atom is -0.480 e. The van der Waals surface area contributed by atoms with Crippen molar-refractivity contribution in [3.63, 3.8) is 0 Å². The van der Waals surface area contributed by atoms with Crippen LogP contribution in [0.15, 0.2) is 30.3 Å². The van der Waals surface area contributed by atoms with E-state index >= 15 is 0 Å². The molecule has 1 aromatic rings. The zero-order chi connectivity index (χ0) is 16.5. The average Bonchev–Trinajstić information content (AvgIpc) is 2.46. The van der Waals surface area contributed by atoms with Gasteiger partial charge in [-0.15, -0.1) is 0 Å². The molecule has 0 heterocycles. The zero-order valence-electron chi connectivity index (χ0n) is 13.5. The number of aliphatic carboxylic acids is 1. The SMILES string of the molecule is CC(C)C[C@H](N[C@H](C)C(=O)O)C(=O)NCCc1ccccc1. The lowest BCUT2D eigenvalue weighted by Gasteiger charge is -2.22. The molecule has 5 heteroatoms. The second-order valence-electron chi connectivity index (χ2n) is 5.94. The lowest BCUT2D eigenvalue weighted by molar-refractivity contribution is -0.139. The minimum atomic E-state index is -0.953. The lowest BCUT2D eigenvalue weighted by Crippen LogP contribution is -2.50. The number of carbonyl (C=O) groups is 2. The first-order chi connectivity index (χ1) is 10.4. The van der Waals surface area contributed by atoms with E-state index < -0.39 is 18.1 Å². The van der Waals surface area contributed by atoms with Crippen LogP contribution in [0.5, 0.6) is 0 Å². The van der Waals surface area contributed by atoms with Crippen LogP contribution in [0.3, 0.4) is 0 Å². The molecule has 0 spiro atoms. The Labute approximate surface area is 132 Å². The van der Waals surface area contributed by atoms with Gasteiger partial charge in [-0.1, -0.05) is 44.2 Å². The fraction of sp³-hybridized carbons (Fsp3) is 0.529. The van der Waals surface area contributed by atoms with Gasteiger partial charge in [-0.05, 0) is 31.2 Å². The van der Waals surface area contributed by atoms with Crippen molar-refractivity contribution in [2.45, 2.75) is 45.7 Å². The van der Waals surface area contributed by atoms with E-state index in [-0.39, 0.29) is 5.91 Å². The van der Waals surface area contributed by atoms with Crippen LogP contribution in [0, 0.1) is 5.92 Å². The van der Waals surface area contributed by atoms with Crippen molar-refractivity contribution in [2.75, 3.05) is 6.54 Å². The van der Waals surface area contributed by atoms with Crippen LogP contribution in [-0.4, -0.2) is 35.6 Å². The Morgan fingerprint density at radius 2 is 1.77 bits per heavy atom. The summed E-state index contributed by atoms with van der Waals surface area (Å²) >= 11 is 0. The third-order valence-corrected chi connectivity index (χ3v) is 3.40. The van der Waals surface area contributed by atoms with Gasteiger partial charge in [0.1, 0.15) is 6.04 Å². The van der Waals surface area contributed by atoms with Gasteiger partial charge in [-0.2, -0.15) is 0 Å². The molecule has 0 aliphatic rings. The molecule has 0 fully saturated rings. The summed E-state index contributed by atoms with van der Waals surface area (Å²) in [6.45, 7) is 6.11. The monoisotopic (exact) mass is 306 g/mol. The van der Waals surface area contributed by atoms with Crippen LogP contribution >= 0.6 is 0 Å². The third kappa shape index (κ3) is 6.72. The van der Waals surface area contributed by atoms with Gasteiger partial charge >= 0.3 is 5.97 Å². The average molecular weight is 306 g/mol. The minimum absolute atomic E-state index is 0.141. The molecule has 1 rings (SSSR count). The highest BCUT2D eigenvalue weighted by atomic mass is 16.4. The van der Waals surface area contributed by atoms with E-state index in [1.807, 2.05) is 44.2 Å². The van der Waals surface area contributed by atoms with Gasteiger partial charge in [0.2, 0.25) is 5.91 Å².